The van der Waals surface area contributed by atoms with Crippen LogP contribution in [0.3, 0.4) is 0 Å². The Morgan fingerprint density at radius 3 is 1.92 bits per heavy atom. The summed E-state index contributed by atoms with van der Waals surface area (Å²) in [7, 11) is 0. The Bertz CT molecular complexity index is 200. The van der Waals surface area contributed by atoms with E-state index in [-0.39, 0.29) is 12.8 Å². The van der Waals surface area contributed by atoms with E-state index in [2.05, 4.69) is 0 Å². The quantitative estimate of drug-likeness (QED) is 0.321. The number of aliphatic hydroxyl groups is 4. The highest BCUT2D eigenvalue weighted by Gasteiger charge is 2.43. The highest BCUT2D eigenvalue weighted by molar-refractivity contribution is 5.07. The van der Waals surface area contributed by atoms with Gasteiger partial charge in [0.05, 0.1) is 18.3 Å². The Morgan fingerprint density at radius 2 is 1.58 bits per heavy atom. The van der Waals surface area contributed by atoms with Crippen molar-refractivity contribution in [2.45, 2.75) is 36.8 Å². The summed E-state index contributed by atoms with van der Waals surface area (Å²) in [6, 6.07) is 1.59. The number of nitrogens with zero attached hydrogens (tertiary/aromatic N) is 1. The van der Waals surface area contributed by atoms with E-state index in [1.54, 1.807) is 6.07 Å². The minimum Gasteiger partial charge on any atom is -0.390 e. The van der Waals surface area contributed by atoms with Gasteiger partial charge in [0, 0.05) is 12.8 Å². The van der Waals surface area contributed by atoms with Crippen LogP contribution >= 0.6 is 0 Å². The predicted octanol–water partition coefficient (Wildman–Crippen LogP) is -1.88. The van der Waals surface area contributed by atoms with Gasteiger partial charge in [-0.3, -0.25) is 0 Å². The van der Waals surface area contributed by atoms with Gasteiger partial charge in [-0.05, 0) is 0 Å². The molecule has 0 amide bonds. The number of nitriles is 1. The summed E-state index contributed by atoms with van der Waals surface area (Å²) in [5.41, 5.74) is -1.71. The zero-order valence-electron chi connectivity index (χ0n) is 6.38. The van der Waals surface area contributed by atoms with Crippen LogP contribution in [-0.2, 0) is 0 Å². The van der Waals surface area contributed by atoms with Crippen molar-refractivity contribution in [3.05, 3.63) is 0 Å². The van der Waals surface area contributed by atoms with Crippen molar-refractivity contribution in [2.24, 2.45) is 0 Å². The van der Waals surface area contributed by atoms with E-state index >= 15 is 0 Å². The molecule has 12 heavy (non-hydrogen) atoms. The lowest BCUT2D eigenvalue weighted by atomic mass is 9.81. The molecule has 0 aliphatic heterocycles. The molecule has 1 rings (SSSR count). The second-order valence-corrected chi connectivity index (χ2v) is 3.18. The van der Waals surface area contributed by atoms with Crippen LogP contribution in [0.1, 0.15) is 12.8 Å². The Kier molecular flexibility index (Phi) is 2.35. The van der Waals surface area contributed by atoms with Crippen molar-refractivity contribution in [3.8, 4) is 6.07 Å². The molecule has 1 fully saturated rings. The highest BCUT2D eigenvalue weighted by Crippen LogP contribution is 2.28. The Morgan fingerprint density at radius 1 is 1.17 bits per heavy atom. The number of hydrogen-bond acceptors (Lipinski definition) is 5. The van der Waals surface area contributed by atoms with Gasteiger partial charge in [0.25, 0.3) is 0 Å². The monoisotopic (exact) mass is 173 g/mol. The molecular weight excluding hydrogens is 162 g/mol. The molecule has 1 aliphatic carbocycles. The van der Waals surface area contributed by atoms with Gasteiger partial charge >= 0.3 is 0 Å². The first-order chi connectivity index (χ1) is 5.48. The molecule has 0 saturated heterocycles. The van der Waals surface area contributed by atoms with E-state index in [0.717, 1.165) is 0 Å². The third kappa shape index (κ3) is 1.57. The summed E-state index contributed by atoms with van der Waals surface area (Å²) in [5.74, 6) is 0. The van der Waals surface area contributed by atoms with Crippen LogP contribution in [0.4, 0.5) is 0 Å². The fourth-order valence-corrected chi connectivity index (χ4v) is 1.36. The molecule has 2 atom stereocenters. The molecule has 5 heteroatoms. The zero-order valence-corrected chi connectivity index (χ0v) is 6.38. The first-order valence-corrected chi connectivity index (χ1v) is 3.66. The van der Waals surface area contributed by atoms with Crippen LogP contribution in [0.5, 0.6) is 0 Å². The Hall–Kier alpha value is -0.670. The SMILES string of the molecule is N#CC1(O)C[C@@H](O)C(O)[C@H](O)C1. The molecule has 0 unspecified atom stereocenters. The highest BCUT2D eigenvalue weighted by atomic mass is 16.4. The molecule has 5 nitrogen and oxygen atoms in total. The first kappa shape index (κ1) is 9.42. The largest absolute Gasteiger partial charge is 0.390 e. The summed E-state index contributed by atoms with van der Waals surface area (Å²) in [5, 5.41) is 45.1. The standard InChI is InChI=1S/C7H11NO4/c8-3-7(12)1-4(9)6(11)5(10)2-7/h4-6,9-12H,1-2H2/t4-,5-,6?,7?/m1/s1. The molecule has 0 aromatic rings. The summed E-state index contributed by atoms with van der Waals surface area (Å²) in [6.07, 6.45) is -4.18. The fourth-order valence-electron chi connectivity index (χ4n) is 1.36. The third-order valence-corrected chi connectivity index (χ3v) is 2.09. The van der Waals surface area contributed by atoms with Gasteiger partial charge in [-0.1, -0.05) is 0 Å². The average Bonchev–Trinajstić information content (AvgIpc) is 2.00. The van der Waals surface area contributed by atoms with Gasteiger partial charge in [-0.25, -0.2) is 0 Å². The van der Waals surface area contributed by atoms with Crippen LogP contribution in [0, 0.1) is 11.3 Å². The van der Waals surface area contributed by atoms with Crippen LogP contribution in [0.25, 0.3) is 0 Å². The molecule has 0 radical (unpaired) electrons. The second-order valence-electron chi connectivity index (χ2n) is 3.18. The summed E-state index contributed by atoms with van der Waals surface area (Å²) in [4.78, 5) is 0. The number of hydrogen-bond donors (Lipinski definition) is 4. The lowest BCUT2D eigenvalue weighted by Crippen LogP contribution is -2.51. The maximum Gasteiger partial charge on any atom is 0.156 e. The molecule has 4 N–H and O–H groups in total. The molecule has 0 spiro atoms. The van der Waals surface area contributed by atoms with Crippen molar-refractivity contribution >= 4 is 0 Å². The number of rotatable bonds is 0. The average molecular weight is 173 g/mol. The van der Waals surface area contributed by atoms with Crippen molar-refractivity contribution in [3.63, 3.8) is 0 Å². The maximum atomic E-state index is 9.35. The van der Waals surface area contributed by atoms with Crippen molar-refractivity contribution < 1.29 is 20.4 Å². The molecule has 0 aromatic heterocycles. The summed E-state index contributed by atoms with van der Waals surface area (Å²) < 4.78 is 0. The van der Waals surface area contributed by atoms with E-state index in [0.29, 0.717) is 0 Å². The zero-order chi connectivity index (χ0) is 9.35. The predicted molar refractivity (Wildman–Crippen MR) is 37.8 cm³/mol. The van der Waals surface area contributed by atoms with Crippen molar-refractivity contribution in [2.75, 3.05) is 0 Å². The molecule has 0 aromatic carbocycles. The van der Waals surface area contributed by atoms with Crippen molar-refractivity contribution in [1.29, 1.82) is 5.26 Å². The minimum atomic E-state index is -1.71. The van der Waals surface area contributed by atoms with E-state index < -0.39 is 23.9 Å². The van der Waals surface area contributed by atoms with Crippen LogP contribution in [0.15, 0.2) is 0 Å². The molecule has 0 bridgehead atoms. The molecule has 1 aliphatic rings. The second kappa shape index (κ2) is 2.99. The van der Waals surface area contributed by atoms with Gasteiger partial charge in [-0.2, -0.15) is 5.26 Å². The summed E-state index contributed by atoms with van der Waals surface area (Å²) >= 11 is 0. The van der Waals surface area contributed by atoms with Gasteiger partial charge in [0.15, 0.2) is 5.60 Å². The van der Waals surface area contributed by atoms with E-state index in [4.69, 9.17) is 20.6 Å². The minimum absolute atomic E-state index is 0.221. The Balaban J connectivity index is 2.73. The van der Waals surface area contributed by atoms with Gasteiger partial charge in [0.2, 0.25) is 0 Å². The van der Waals surface area contributed by atoms with E-state index in [9.17, 15) is 5.11 Å². The van der Waals surface area contributed by atoms with E-state index in [1.807, 2.05) is 0 Å². The van der Waals surface area contributed by atoms with Crippen LogP contribution in [0.2, 0.25) is 0 Å². The molecule has 1 saturated carbocycles. The lowest BCUT2D eigenvalue weighted by molar-refractivity contribution is -0.136. The molecule has 68 valence electrons. The molecular formula is C7H11NO4. The Labute approximate surface area is 69.5 Å². The summed E-state index contributed by atoms with van der Waals surface area (Å²) in [6.45, 7) is 0. The topological polar surface area (TPSA) is 105 Å². The lowest BCUT2D eigenvalue weighted by Gasteiger charge is -2.35. The van der Waals surface area contributed by atoms with Gasteiger partial charge in [-0.15, -0.1) is 0 Å². The normalized spacial score (nSPS) is 48.4. The fraction of sp³-hybridized carbons (Fsp3) is 0.857. The van der Waals surface area contributed by atoms with E-state index in [1.165, 1.54) is 0 Å². The number of aliphatic hydroxyl groups excluding tert-OH is 3. The van der Waals surface area contributed by atoms with Crippen molar-refractivity contribution in [1.82, 2.24) is 0 Å². The van der Waals surface area contributed by atoms with Gasteiger partial charge in [0.1, 0.15) is 6.10 Å². The van der Waals surface area contributed by atoms with Crippen LogP contribution in [-0.4, -0.2) is 44.3 Å². The molecule has 0 heterocycles. The third-order valence-electron chi connectivity index (χ3n) is 2.09. The smallest absolute Gasteiger partial charge is 0.156 e. The van der Waals surface area contributed by atoms with Crippen LogP contribution < -0.4 is 0 Å². The first-order valence-electron chi connectivity index (χ1n) is 3.66. The maximum absolute atomic E-state index is 9.35. The van der Waals surface area contributed by atoms with Gasteiger partial charge < -0.3 is 20.4 Å².